The van der Waals surface area contributed by atoms with Gasteiger partial charge in [0, 0.05) is 23.8 Å². The molecule has 0 bridgehead atoms. The molecule has 2 rings (SSSR count). The Bertz CT molecular complexity index is 464. The number of nitrogens with one attached hydrogen (secondary N) is 1. The second kappa shape index (κ2) is 6.39. The van der Waals surface area contributed by atoms with Crippen molar-refractivity contribution in [2.75, 3.05) is 11.9 Å². The minimum absolute atomic E-state index is 0.197. The summed E-state index contributed by atoms with van der Waals surface area (Å²) in [5.74, 6) is 1.18. The highest BCUT2D eigenvalue weighted by Gasteiger charge is 2.49. The van der Waals surface area contributed by atoms with E-state index in [1.54, 1.807) is 0 Å². The molecule has 1 saturated carbocycles. The van der Waals surface area contributed by atoms with Crippen molar-refractivity contribution >= 4 is 5.69 Å². The summed E-state index contributed by atoms with van der Waals surface area (Å²) in [6.45, 7) is 14.4. The van der Waals surface area contributed by atoms with Crippen molar-refractivity contribution in [2.45, 2.75) is 66.0 Å². The summed E-state index contributed by atoms with van der Waals surface area (Å²) in [5.41, 5.74) is 2.83. The molecular weight excluding hydrogens is 258 g/mol. The maximum Gasteiger partial charge on any atom is 0.0665 e. The fourth-order valence-corrected chi connectivity index (χ4v) is 2.91. The lowest BCUT2D eigenvalue weighted by Crippen LogP contribution is -2.58. The van der Waals surface area contributed by atoms with Crippen LogP contribution < -0.4 is 5.32 Å². The molecule has 1 aromatic rings. The molecule has 1 N–H and O–H groups in total. The second-order valence-corrected chi connectivity index (χ2v) is 7.75. The fraction of sp³-hybridized carbons (Fsp3) is 0.684. The molecule has 1 aromatic carbocycles. The third-order valence-electron chi connectivity index (χ3n) is 4.70. The van der Waals surface area contributed by atoms with Crippen LogP contribution in [0.3, 0.4) is 0 Å². The van der Waals surface area contributed by atoms with Gasteiger partial charge < -0.3 is 10.1 Å². The lowest BCUT2D eigenvalue weighted by Gasteiger charge is -2.52. The third-order valence-corrected chi connectivity index (χ3v) is 4.70. The van der Waals surface area contributed by atoms with Crippen LogP contribution in [0.2, 0.25) is 0 Å². The van der Waals surface area contributed by atoms with E-state index in [0.29, 0.717) is 24.0 Å². The molecule has 2 atom stereocenters. The molecule has 2 heteroatoms. The largest absolute Gasteiger partial charge is 0.382 e. The highest BCUT2D eigenvalue weighted by molar-refractivity contribution is 5.48. The predicted octanol–water partition coefficient (Wildman–Crippen LogP) is 5.06. The summed E-state index contributed by atoms with van der Waals surface area (Å²) >= 11 is 0. The number of anilines is 1. The molecule has 1 aliphatic carbocycles. The average molecular weight is 289 g/mol. The van der Waals surface area contributed by atoms with E-state index in [4.69, 9.17) is 4.74 Å². The molecular formula is C19H31NO. The number of ether oxygens (including phenoxy) is 1. The van der Waals surface area contributed by atoms with E-state index in [0.717, 1.165) is 13.0 Å². The normalized spacial score (nSPS) is 24.2. The Morgan fingerprint density at radius 2 is 1.95 bits per heavy atom. The smallest absolute Gasteiger partial charge is 0.0665 e. The number of benzene rings is 1. The van der Waals surface area contributed by atoms with Crippen molar-refractivity contribution in [3.05, 3.63) is 29.8 Å². The quantitative estimate of drug-likeness (QED) is 0.790. The fourth-order valence-electron chi connectivity index (χ4n) is 2.91. The van der Waals surface area contributed by atoms with Crippen molar-refractivity contribution in [1.82, 2.24) is 0 Å². The molecule has 0 saturated heterocycles. The maximum atomic E-state index is 6.04. The third kappa shape index (κ3) is 3.79. The zero-order valence-corrected chi connectivity index (χ0v) is 14.4. The van der Waals surface area contributed by atoms with Crippen LogP contribution in [0.25, 0.3) is 0 Å². The van der Waals surface area contributed by atoms with Crippen LogP contribution in [0.1, 0.15) is 59.4 Å². The van der Waals surface area contributed by atoms with Crippen LogP contribution in [-0.2, 0) is 4.74 Å². The highest BCUT2D eigenvalue weighted by Crippen LogP contribution is 2.44. The summed E-state index contributed by atoms with van der Waals surface area (Å²) in [7, 11) is 0. The first-order valence-electron chi connectivity index (χ1n) is 8.28. The number of hydrogen-bond donors (Lipinski definition) is 1. The van der Waals surface area contributed by atoms with Gasteiger partial charge in [0.05, 0.1) is 6.10 Å². The Labute approximate surface area is 130 Å². The number of rotatable bonds is 6. The first kappa shape index (κ1) is 16.4. The maximum absolute atomic E-state index is 6.04. The summed E-state index contributed by atoms with van der Waals surface area (Å²) < 4.78 is 6.04. The van der Waals surface area contributed by atoms with Gasteiger partial charge in [-0.25, -0.2) is 0 Å². The molecule has 0 amide bonds. The van der Waals surface area contributed by atoms with Crippen LogP contribution in [0.15, 0.2) is 24.3 Å². The van der Waals surface area contributed by atoms with Crippen molar-refractivity contribution in [1.29, 1.82) is 0 Å². The van der Waals surface area contributed by atoms with E-state index in [1.165, 1.54) is 11.3 Å². The van der Waals surface area contributed by atoms with Crippen LogP contribution in [0.5, 0.6) is 0 Å². The molecule has 1 fully saturated rings. The van der Waals surface area contributed by atoms with Gasteiger partial charge in [-0.05, 0) is 36.0 Å². The van der Waals surface area contributed by atoms with Crippen molar-refractivity contribution in [2.24, 2.45) is 11.3 Å². The Morgan fingerprint density at radius 1 is 1.24 bits per heavy atom. The molecule has 21 heavy (non-hydrogen) atoms. The second-order valence-electron chi connectivity index (χ2n) is 7.75. The van der Waals surface area contributed by atoms with Gasteiger partial charge in [0.15, 0.2) is 0 Å². The first-order chi connectivity index (χ1) is 9.80. The lowest BCUT2D eigenvalue weighted by atomic mass is 9.64. The topological polar surface area (TPSA) is 21.3 Å². The molecule has 118 valence electrons. The Hall–Kier alpha value is -1.02. The predicted molar refractivity (Wildman–Crippen MR) is 90.9 cm³/mol. The Morgan fingerprint density at radius 3 is 2.52 bits per heavy atom. The summed E-state index contributed by atoms with van der Waals surface area (Å²) in [4.78, 5) is 0. The molecule has 2 nitrogen and oxygen atoms in total. The summed E-state index contributed by atoms with van der Waals surface area (Å²) in [5, 5.41) is 3.70. The van der Waals surface area contributed by atoms with E-state index in [1.807, 2.05) is 0 Å². The zero-order chi connectivity index (χ0) is 15.6. The van der Waals surface area contributed by atoms with Gasteiger partial charge in [0.25, 0.3) is 0 Å². The SMILES string of the molecule is CC(C)COC1CC(Nc2cccc(C(C)C)c2)C1(C)C. The molecule has 0 spiro atoms. The van der Waals surface area contributed by atoms with E-state index in [2.05, 4.69) is 71.1 Å². The average Bonchev–Trinajstić information content (AvgIpc) is 2.42. The molecule has 0 radical (unpaired) electrons. The lowest BCUT2D eigenvalue weighted by molar-refractivity contribution is -0.108. The van der Waals surface area contributed by atoms with Crippen LogP contribution in [0.4, 0.5) is 5.69 Å². The molecule has 0 aromatic heterocycles. The molecule has 1 aliphatic rings. The van der Waals surface area contributed by atoms with Crippen LogP contribution in [-0.4, -0.2) is 18.8 Å². The Kier molecular flexibility index (Phi) is 4.98. The minimum Gasteiger partial charge on any atom is -0.382 e. The molecule has 0 heterocycles. The minimum atomic E-state index is 0.197. The van der Waals surface area contributed by atoms with Gasteiger partial charge in [-0.2, -0.15) is 0 Å². The zero-order valence-electron chi connectivity index (χ0n) is 14.4. The van der Waals surface area contributed by atoms with Crippen molar-refractivity contribution in [3.63, 3.8) is 0 Å². The van der Waals surface area contributed by atoms with Crippen molar-refractivity contribution < 1.29 is 4.74 Å². The van der Waals surface area contributed by atoms with Gasteiger partial charge in [0.1, 0.15) is 0 Å². The summed E-state index contributed by atoms with van der Waals surface area (Å²) in [6, 6.07) is 9.30. The highest BCUT2D eigenvalue weighted by atomic mass is 16.5. The van der Waals surface area contributed by atoms with E-state index in [9.17, 15) is 0 Å². The van der Waals surface area contributed by atoms with Gasteiger partial charge in [-0.15, -0.1) is 0 Å². The van der Waals surface area contributed by atoms with Crippen LogP contribution >= 0.6 is 0 Å². The summed E-state index contributed by atoms with van der Waals surface area (Å²) in [6.07, 6.45) is 1.48. The molecule has 0 aliphatic heterocycles. The van der Waals surface area contributed by atoms with E-state index < -0.39 is 0 Å². The van der Waals surface area contributed by atoms with Gasteiger partial charge in [-0.1, -0.05) is 53.7 Å². The van der Waals surface area contributed by atoms with E-state index in [-0.39, 0.29) is 5.41 Å². The van der Waals surface area contributed by atoms with Crippen LogP contribution in [0, 0.1) is 11.3 Å². The van der Waals surface area contributed by atoms with Crippen molar-refractivity contribution in [3.8, 4) is 0 Å². The monoisotopic (exact) mass is 289 g/mol. The van der Waals surface area contributed by atoms with E-state index >= 15 is 0 Å². The Balaban J connectivity index is 1.94. The standard InChI is InChI=1S/C19H31NO/c1-13(2)12-21-18-11-17(19(18,5)6)20-16-9-7-8-15(10-16)14(3)4/h7-10,13-14,17-18,20H,11-12H2,1-6H3. The van der Waals surface area contributed by atoms with Gasteiger partial charge in [-0.3, -0.25) is 0 Å². The first-order valence-corrected chi connectivity index (χ1v) is 8.28. The van der Waals surface area contributed by atoms with Gasteiger partial charge >= 0.3 is 0 Å². The van der Waals surface area contributed by atoms with Gasteiger partial charge in [0.2, 0.25) is 0 Å². The molecule has 2 unspecified atom stereocenters. The number of hydrogen-bond acceptors (Lipinski definition) is 2.